The van der Waals surface area contributed by atoms with Crippen molar-refractivity contribution in [3.05, 3.63) is 59.7 Å². The van der Waals surface area contributed by atoms with Gasteiger partial charge in [0.2, 0.25) is 0 Å². The van der Waals surface area contributed by atoms with Gasteiger partial charge < -0.3 is 20.4 Å². The molecule has 0 saturated carbocycles. The highest BCUT2D eigenvalue weighted by Gasteiger charge is 2.40. The van der Waals surface area contributed by atoms with E-state index in [2.05, 4.69) is 4.90 Å². The minimum atomic E-state index is -2.74. The number of hydrogen-bond acceptors (Lipinski definition) is 4. The number of piperazine rings is 1. The molecule has 2 fully saturated rings. The second kappa shape index (κ2) is 7.63. The summed E-state index contributed by atoms with van der Waals surface area (Å²) in [5, 5.41) is 0. The number of benzene rings is 2. The third-order valence-electron chi connectivity index (χ3n) is 5.79. The summed E-state index contributed by atoms with van der Waals surface area (Å²) in [5.41, 5.74) is 8.39. The van der Waals surface area contributed by atoms with Gasteiger partial charge in [0, 0.05) is 38.3 Å². The van der Waals surface area contributed by atoms with E-state index in [-0.39, 0.29) is 31.5 Å². The number of alkyl halides is 2. The van der Waals surface area contributed by atoms with Gasteiger partial charge in [-0.3, -0.25) is 4.79 Å². The van der Waals surface area contributed by atoms with E-state index in [1.165, 1.54) is 0 Å². The lowest BCUT2D eigenvalue weighted by molar-refractivity contribution is 0.0256. The van der Waals surface area contributed by atoms with Crippen molar-refractivity contribution in [2.45, 2.75) is 18.4 Å². The van der Waals surface area contributed by atoms with Crippen molar-refractivity contribution in [2.24, 2.45) is 0 Å². The molecule has 2 heterocycles. The van der Waals surface area contributed by atoms with Gasteiger partial charge in [-0.2, -0.15) is 0 Å². The quantitative estimate of drug-likeness (QED) is 0.804. The van der Waals surface area contributed by atoms with Crippen molar-refractivity contribution < 1.29 is 13.6 Å². The number of nitrogen functional groups attached to an aromatic ring is 1. The van der Waals surface area contributed by atoms with Crippen LogP contribution in [0.15, 0.2) is 48.5 Å². The molecule has 2 saturated heterocycles. The number of carbonyl (C=O) groups excluding carboxylic acids is 1. The van der Waals surface area contributed by atoms with E-state index in [0.717, 1.165) is 18.7 Å². The second-order valence-electron chi connectivity index (χ2n) is 7.99. The largest absolute Gasteiger partial charge is 0.399 e. The number of hydrogen-bond donors (Lipinski definition) is 1. The summed E-state index contributed by atoms with van der Waals surface area (Å²) in [4.78, 5) is 19.2. The number of amides is 1. The van der Waals surface area contributed by atoms with Gasteiger partial charge in [-0.25, -0.2) is 8.78 Å². The lowest BCUT2D eigenvalue weighted by Gasteiger charge is -2.41. The summed E-state index contributed by atoms with van der Waals surface area (Å²) in [5.74, 6) is -2.89. The molecule has 7 heteroatoms. The van der Waals surface area contributed by atoms with Gasteiger partial charge in [0.15, 0.2) is 0 Å². The van der Waals surface area contributed by atoms with Crippen LogP contribution >= 0.6 is 0 Å². The van der Waals surface area contributed by atoms with E-state index < -0.39 is 5.92 Å². The molecule has 2 N–H and O–H groups in total. The van der Waals surface area contributed by atoms with Gasteiger partial charge in [0.1, 0.15) is 0 Å². The molecule has 5 nitrogen and oxygen atoms in total. The van der Waals surface area contributed by atoms with Crippen LogP contribution in [0.25, 0.3) is 0 Å². The van der Waals surface area contributed by atoms with E-state index >= 15 is 0 Å². The molecule has 154 valence electrons. The van der Waals surface area contributed by atoms with Crippen LogP contribution in [-0.4, -0.2) is 61.4 Å². The molecule has 0 bridgehead atoms. The first-order valence-electron chi connectivity index (χ1n) is 9.91. The van der Waals surface area contributed by atoms with Crippen LogP contribution in [0.5, 0.6) is 0 Å². The third kappa shape index (κ3) is 4.05. The predicted octanol–water partition coefficient (Wildman–Crippen LogP) is 3.24. The van der Waals surface area contributed by atoms with Crippen molar-refractivity contribution in [1.29, 1.82) is 0 Å². The van der Waals surface area contributed by atoms with Crippen LogP contribution in [0.2, 0.25) is 0 Å². The number of nitrogens with two attached hydrogens (primary N) is 1. The summed E-state index contributed by atoms with van der Waals surface area (Å²) in [6.07, 6.45) is -0.212. The molecule has 0 aliphatic carbocycles. The van der Waals surface area contributed by atoms with E-state index in [1.807, 2.05) is 42.3 Å². The Balaban J connectivity index is 1.68. The molecule has 2 aliphatic rings. The monoisotopic (exact) mass is 400 g/mol. The molecule has 0 aromatic heterocycles. The molecule has 2 aromatic rings. The first kappa shape index (κ1) is 19.6. The number of likely N-dealkylation sites (N-methyl/N-ethyl adjacent to an activating group) is 1. The second-order valence-corrected chi connectivity index (χ2v) is 7.99. The zero-order valence-electron chi connectivity index (χ0n) is 16.5. The predicted molar refractivity (Wildman–Crippen MR) is 110 cm³/mol. The Morgan fingerprint density at radius 3 is 2.55 bits per heavy atom. The molecule has 29 heavy (non-hydrogen) atoms. The Morgan fingerprint density at radius 2 is 1.86 bits per heavy atom. The lowest BCUT2D eigenvalue weighted by Crippen LogP contribution is -2.49. The van der Waals surface area contributed by atoms with Gasteiger partial charge in [-0.05, 0) is 30.8 Å². The summed E-state index contributed by atoms with van der Waals surface area (Å²) in [6, 6.07) is 14.8. The summed E-state index contributed by atoms with van der Waals surface area (Å²) < 4.78 is 27.6. The van der Waals surface area contributed by atoms with E-state index in [0.29, 0.717) is 23.5 Å². The molecular weight excluding hydrogens is 374 g/mol. The van der Waals surface area contributed by atoms with Crippen LogP contribution in [0.3, 0.4) is 0 Å². The van der Waals surface area contributed by atoms with Crippen LogP contribution in [0, 0.1) is 0 Å². The van der Waals surface area contributed by atoms with Crippen molar-refractivity contribution in [1.82, 2.24) is 9.80 Å². The Hall–Kier alpha value is -2.67. The first-order chi connectivity index (χ1) is 13.8. The van der Waals surface area contributed by atoms with Crippen molar-refractivity contribution in [2.75, 3.05) is 50.4 Å². The van der Waals surface area contributed by atoms with E-state index in [4.69, 9.17) is 5.73 Å². The smallest absolute Gasteiger partial charge is 0.266 e. The third-order valence-corrected chi connectivity index (χ3v) is 5.79. The molecule has 0 spiro atoms. The van der Waals surface area contributed by atoms with Crippen LogP contribution in [0.1, 0.15) is 28.4 Å². The summed E-state index contributed by atoms with van der Waals surface area (Å²) in [7, 11) is 2.04. The maximum atomic E-state index is 13.8. The average molecular weight is 400 g/mol. The minimum Gasteiger partial charge on any atom is -0.399 e. The standard InChI is InChI=1S/C22H26F2N4O/c1-26-11-12-28(20(14-26)16-5-3-2-4-6-16)21(29)18-8-7-17(25)13-19(18)27-10-9-22(23,24)15-27/h2-8,13,20H,9-12,14-15,25H2,1H3. The SMILES string of the molecule is CN1CCN(C(=O)c2ccc(N)cc2N2CCC(F)(F)C2)C(c2ccccc2)C1. The normalized spacial score (nSPS) is 22.1. The highest BCUT2D eigenvalue weighted by atomic mass is 19.3. The average Bonchev–Trinajstić information content (AvgIpc) is 3.08. The Bertz CT molecular complexity index is 890. The fraction of sp³-hybridized carbons (Fsp3) is 0.409. The van der Waals surface area contributed by atoms with Crippen LogP contribution in [-0.2, 0) is 0 Å². The maximum Gasteiger partial charge on any atom is 0.266 e. The first-order valence-corrected chi connectivity index (χ1v) is 9.91. The summed E-state index contributed by atoms with van der Waals surface area (Å²) in [6.45, 7) is 1.89. The van der Waals surface area contributed by atoms with Crippen LogP contribution in [0.4, 0.5) is 20.2 Å². The molecule has 4 rings (SSSR count). The Kier molecular flexibility index (Phi) is 5.17. The summed E-state index contributed by atoms with van der Waals surface area (Å²) >= 11 is 0. The fourth-order valence-electron chi connectivity index (χ4n) is 4.21. The molecule has 1 unspecified atom stereocenters. The number of anilines is 2. The molecule has 2 aliphatic heterocycles. The molecule has 1 amide bonds. The zero-order valence-corrected chi connectivity index (χ0v) is 16.5. The number of rotatable bonds is 3. The van der Waals surface area contributed by atoms with Crippen molar-refractivity contribution >= 4 is 17.3 Å². The van der Waals surface area contributed by atoms with Crippen molar-refractivity contribution in [3.8, 4) is 0 Å². The highest BCUT2D eigenvalue weighted by Crippen LogP contribution is 2.35. The van der Waals surface area contributed by atoms with Crippen molar-refractivity contribution in [3.63, 3.8) is 0 Å². The number of halogens is 2. The lowest BCUT2D eigenvalue weighted by atomic mass is 10.0. The fourth-order valence-corrected chi connectivity index (χ4v) is 4.21. The zero-order chi connectivity index (χ0) is 20.6. The minimum absolute atomic E-state index is 0.0899. The van der Waals surface area contributed by atoms with Gasteiger partial charge >= 0.3 is 0 Å². The Morgan fingerprint density at radius 1 is 1.10 bits per heavy atom. The topological polar surface area (TPSA) is 52.8 Å². The van der Waals surface area contributed by atoms with E-state index in [9.17, 15) is 13.6 Å². The number of nitrogens with zero attached hydrogens (tertiary/aromatic N) is 3. The van der Waals surface area contributed by atoms with Gasteiger partial charge in [0.05, 0.1) is 23.8 Å². The van der Waals surface area contributed by atoms with E-state index in [1.54, 1.807) is 23.1 Å². The van der Waals surface area contributed by atoms with Crippen LogP contribution < -0.4 is 10.6 Å². The highest BCUT2D eigenvalue weighted by molar-refractivity contribution is 6.01. The van der Waals surface area contributed by atoms with Gasteiger partial charge in [-0.1, -0.05) is 30.3 Å². The molecule has 2 aromatic carbocycles. The van der Waals surface area contributed by atoms with Gasteiger partial charge in [-0.15, -0.1) is 0 Å². The molecule has 0 radical (unpaired) electrons. The molecular formula is C22H26F2N4O. The van der Waals surface area contributed by atoms with Gasteiger partial charge in [0.25, 0.3) is 11.8 Å². The maximum absolute atomic E-state index is 13.8. The number of carbonyl (C=O) groups is 1. The Labute approximate surface area is 169 Å². The molecule has 1 atom stereocenters.